The number of hydrogen-bond acceptors (Lipinski definition) is 6. The zero-order valence-corrected chi connectivity index (χ0v) is 16.2. The molecule has 154 valence electrons. The smallest absolute Gasteiger partial charge is 0.332 e. The molecule has 4 aliphatic heterocycles. The predicted octanol–water partition coefficient (Wildman–Crippen LogP) is -6.20. The number of hydrogen-bond donors (Lipinski definition) is 2. The van der Waals surface area contributed by atoms with Gasteiger partial charge in [0.25, 0.3) is 0 Å². The molecular weight excluding hydrogens is 372 g/mol. The first-order valence-corrected chi connectivity index (χ1v) is 9.16. The van der Waals surface area contributed by atoms with Gasteiger partial charge in [-0.05, 0) is 27.7 Å². The van der Waals surface area contributed by atoms with Crippen LogP contribution in [-0.4, -0.2) is 93.7 Å². The fraction of sp³-hybridized carbons (Fsp3) is 0.750. The monoisotopic (exact) mass is 396 g/mol. The van der Waals surface area contributed by atoms with Crippen LogP contribution in [0, 0.1) is 0 Å². The van der Waals surface area contributed by atoms with E-state index >= 15 is 0 Å². The minimum Gasteiger partial charge on any atom is -0.544 e. The van der Waals surface area contributed by atoms with Crippen LogP contribution in [0.1, 0.15) is 27.7 Å². The summed E-state index contributed by atoms with van der Waals surface area (Å²) in [6, 6.07) is -0.676. The Morgan fingerprint density at radius 3 is 1.21 bits per heavy atom. The molecule has 12 nitrogen and oxygen atoms in total. The highest BCUT2D eigenvalue weighted by molar-refractivity contribution is 5.85. The molecule has 2 N–H and O–H groups in total. The maximum absolute atomic E-state index is 13.1. The van der Waals surface area contributed by atoms with Crippen molar-refractivity contribution in [1.29, 1.82) is 0 Å². The zero-order chi connectivity index (χ0) is 20.8. The van der Waals surface area contributed by atoms with E-state index in [1.807, 2.05) is 0 Å². The lowest BCUT2D eigenvalue weighted by Gasteiger charge is -2.46. The molecule has 0 spiro atoms. The summed E-state index contributed by atoms with van der Waals surface area (Å²) >= 11 is 0. The predicted molar refractivity (Wildman–Crippen MR) is 85.3 cm³/mol. The van der Waals surface area contributed by atoms with Gasteiger partial charge in [0.15, 0.2) is 39.0 Å². The topological polar surface area (TPSA) is 136 Å². The maximum Gasteiger partial charge on any atom is 0.332 e. The molecular formula is C16H24N6O6. The molecule has 28 heavy (non-hydrogen) atoms. The fourth-order valence-electron chi connectivity index (χ4n) is 4.41. The van der Waals surface area contributed by atoms with Crippen LogP contribution in [0.2, 0.25) is 0 Å². The first-order chi connectivity index (χ1) is 12.9. The zero-order valence-electron chi connectivity index (χ0n) is 16.2. The molecule has 0 aromatic rings. The molecule has 0 unspecified atom stereocenters. The Labute approximate surface area is 161 Å². The van der Waals surface area contributed by atoms with Crippen molar-refractivity contribution < 1.29 is 39.2 Å². The average molecular weight is 396 g/mol. The van der Waals surface area contributed by atoms with Crippen LogP contribution in [0.3, 0.4) is 0 Å². The Kier molecular flexibility index (Phi) is 3.67. The number of urea groups is 2. The molecule has 4 rings (SSSR count). The molecule has 0 aliphatic carbocycles. The molecule has 12 heteroatoms. The van der Waals surface area contributed by atoms with Gasteiger partial charge in [-0.1, -0.05) is 0 Å². The van der Waals surface area contributed by atoms with Crippen LogP contribution in [-0.2, 0) is 9.59 Å². The number of carbonyl (C=O) groups is 4. The average Bonchev–Trinajstić information content (AvgIpc) is 3.07. The molecule has 4 amide bonds. The first-order valence-electron chi connectivity index (χ1n) is 9.16. The Hall–Kier alpha value is -2.60. The standard InChI is InChI=1S/C16H24N6O6/c1-15(2,11(23)24)17-5-19-9-10-21(13(19)27)7-18(16(3,4)12(25)26)8-22(10)14(28)20(9)6-17/h9-10H,5-8H2,1-4H3,(H,23,24)(H,25,26). The lowest BCUT2D eigenvalue weighted by atomic mass is 10.0. The van der Waals surface area contributed by atoms with Gasteiger partial charge in [-0.3, -0.25) is 29.4 Å². The first kappa shape index (κ1) is 18.7. The molecule has 0 saturated carbocycles. The van der Waals surface area contributed by atoms with E-state index in [9.17, 15) is 29.4 Å². The second kappa shape index (κ2) is 5.47. The van der Waals surface area contributed by atoms with E-state index in [4.69, 9.17) is 0 Å². The molecule has 0 radical (unpaired) electrons. The SMILES string of the molecule is CC(C)(C(=O)[O-])[NH+]1CN2C(=O)N3C[NH+](C(C)(C)C(=O)[O-])CN4C(=O)N(C1)C2C34. The molecule has 0 aromatic carbocycles. The summed E-state index contributed by atoms with van der Waals surface area (Å²) < 4.78 is 0. The lowest BCUT2D eigenvalue weighted by Crippen LogP contribution is -3.25. The van der Waals surface area contributed by atoms with E-state index in [0.29, 0.717) is 9.80 Å². The van der Waals surface area contributed by atoms with Gasteiger partial charge in [-0.2, -0.15) is 0 Å². The third kappa shape index (κ3) is 2.18. The Balaban J connectivity index is 1.68. The summed E-state index contributed by atoms with van der Waals surface area (Å²) in [5.41, 5.74) is -2.58. The molecule has 0 aromatic heterocycles. The quantitative estimate of drug-likeness (QED) is 0.485. The van der Waals surface area contributed by atoms with Gasteiger partial charge in [0.05, 0.1) is 0 Å². The second-order valence-corrected chi connectivity index (χ2v) is 8.94. The number of quaternary nitrogens is 2. The van der Waals surface area contributed by atoms with Crippen LogP contribution in [0.25, 0.3) is 0 Å². The summed E-state index contributed by atoms with van der Waals surface area (Å²) in [6.45, 7) is 6.50. The van der Waals surface area contributed by atoms with Crippen molar-refractivity contribution in [3.05, 3.63) is 0 Å². The number of carboxylic acids is 2. The van der Waals surface area contributed by atoms with E-state index in [2.05, 4.69) is 0 Å². The van der Waals surface area contributed by atoms with Gasteiger partial charge in [0.2, 0.25) is 0 Å². The van der Waals surface area contributed by atoms with Gasteiger partial charge in [0.1, 0.15) is 23.0 Å². The molecule has 4 aliphatic rings. The number of carbonyl (C=O) groups excluding carboxylic acids is 4. The highest BCUT2D eigenvalue weighted by Gasteiger charge is 2.67. The summed E-state index contributed by atoms with van der Waals surface area (Å²) in [6.07, 6.45) is -1.01. The van der Waals surface area contributed by atoms with E-state index in [-0.39, 0.29) is 38.7 Å². The van der Waals surface area contributed by atoms with Crippen molar-refractivity contribution in [3.8, 4) is 0 Å². The van der Waals surface area contributed by atoms with Crippen molar-refractivity contribution >= 4 is 24.0 Å². The van der Waals surface area contributed by atoms with Gasteiger partial charge in [-0.15, -0.1) is 0 Å². The minimum atomic E-state index is -1.29. The van der Waals surface area contributed by atoms with Crippen LogP contribution >= 0.6 is 0 Å². The van der Waals surface area contributed by atoms with Crippen LogP contribution in [0.15, 0.2) is 0 Å². The summed E-state index contributed by atoms with van der Waals surface area (Å²) in [7, 11) is 0. The third-order valence-electron chi connectivity index (χ3n) is 6.76. The number of aliphatic carboxylic acids is 2. The van der Waals surface area contributed by atoms with E-state index < -0.39 is 35.3 Å². The Bertz CT molecular complexity index is 688. The Morgan fingerprint density at radius 2 is 1.00 bits per heavy atom. The summed E-state index contributed by atoms with van der Waals surface area (Å²) in [4.78, 5) is 56.3. The van der Waals surface area contributed by atoms with Crippen LogP contribution in [0.4, 0.5) is 9.59 Å². The van der Waals surface area contributed by atoms with E-state index in [0.717, 1.165) is 0 Å². The summed E-state index contributed by atoms with van der Waals surface area (Å²) in [5.74, 6) is -2.52. The fourth-order valence-corrected chi connectivity index (χ4v) is 4.41. The van der Waals surface area contributed by atoms with Gasteiger partial charge >= 0.3 is 12.1 Å². The number of nitrogens with zero attached hydrogens (tertiary/aromatic N) is 4. The number of rotatable bonds is 4. The van der Waals surface area contributed by atoms with E-state index in [1.54, 1.807) is 0 Å². The summed E-state index contributed by atoms with van der Waals surface area (Å²) in [5, 5.41) is 23.1. The lowest BCUT2D eigenvalue weighted by molar-refractivity contribution is -0.965. The maximum atomic E-state index is 13.1. The molecule has 0 atom stereocenters. The van der Waals surface area contributed by atoms with Crippen molar-refractivity contribution in [2.75, 3.05) is 26.7 Å². The molecule has 0 bridgehead atoms. The normalized spacial score (nSPS) is 32.1. The van der Waals surface area contributed by atoms with Gasteiger partial charge in [-0.25, -0.2) is 9.59 Å². The van der Waals surface area contributed by atoms with Crippen LogP contribution < -0.4 is 20.0 Å². The number of amides is 4. The van der Waals surface area contributed by atoms with Crippen molar-refractivity contribution in [3.63, 3.8) is 0 Å². The highest BCUT2D eigenvalue weighted by Crippen LogP contribution is 2.35. The van der Waals surface area contributed by atoms with E-state index in [1.165, 1.54) is 47.3 Å². The van der Waals surface area contributed by atoms with Gasteiger partial charge < -0.3 is 19.8 Å². The van der Waals surface area contributed by atoms with Gasteiger partial charge in [0, 0.05) is 0 Å². The Morgan fingerprint density at radius 1 is 0.750 bits per heavy atom. The van der Waals surface area contributed by atoms with Crippen LogP contribution in [0.5, 0.6) is 0 Å². The highest BCUT2D eigenvalue weighted by atomic mass is 16.4. The van der Waals surface area contributed by atoms with Crippen molar-refractivity contribution in [2.45, 2.75) is 51.1 Å². The minimum absolute atomic E-state index is 0.119. The molecule has 4 fully saturated rings. The third-order valence-corrected chi connectivity index (χ3v) is 6.76. The number of carboxylic acid groups (broad SMARTS) is 2. The number of nitrogens with one attached hydrogen (secondary N) is 2. The largest absolute Gasteiger partial charge is 0.544 e. The van der Waals surface area contributed by atoms with Crippen molar-refractivity contribution in [2.24, 2.45) is 0 Å². The molecule has 4 heterocycles. The van der Waals surface area contributed by atoms with Crippen molar-refractivity contribution in [1.82, 2.24) is 19.6 Å². The second-order valence-electron chi connectivity index (χ2n) is 8.94. The molecule has 4 saturated heterocycles.